The first kappa shape index (κ1) is 16.3. The summed E-state index contributed by atoms with van der Waals surface area (Å²) in [5.74, 6) is -1.12. The van der Waals surface area contributed by atoms with Crippen molar-refractivity contribution in [2.24, 2.45) is 10.2 Å². The zero-order valence-corrected chi connectivity index (χ0v) is 9.98. The molecule has 8 heteroatoms. The van der Waals surface area contributed by atoms with Gasteiger partial charge in [-0.2, -0.15) is 30.9 Å². The SMILES string of the molecule is O=C(N=NCCCCCCS)C(F)C(F)(F)F. The molecule has 0 N–H and O–H groups in total. The second kappa shape index (κ2) is 8.43. The van der Waals surface area contributed by atoms with E-state index >= 15 is 0 Å². The Morgan fingerprint density at radius 2 is 1.76 bits per heavy atom. The Kier molecular flexibility index (Phi) is 8.11. The highest BCUT2D eigenvalue weighted by Crippen LogP contribution is 2.23. The number of azo groups is 1. The van der Waals surface area contributed by atoms with Crippen molar-refractivity contribution in [2.45, 2.75) is 38.0 Å². The van der Waals surface area contributed by atoms with E-state index in [0.717, 1.165) is 25.0 Å². The molecule has 0 bridgehead atoms. The molecule has 0 spiro atoms. The molecule has 3 nitrogen and oxygen atoms in total. The van der Waals surface area contributed by atoms with Crippen LogP contribution in [0, 0.1) is 0 Å². The van der Waals surface area contributed by atoms with E-state index < -0.39 is 18.3 Å². The minimum absolute atomic E-state index is 0.128. The molecule has 0 aliphatic carbocycles. The third kappa shape index (κ3) is 8.12. The summed E-state index contributed by atoms with van der Waals surface area (Å²) in [6.07, 6.45) is -5.47. The lowest BCUT2D eigenvalue weighted by molar-refractivity contribution is -0.185. The largest absolute Gasteiger partial charge is 0.429 e. The molecule has 0 fully saturated rings. The van der Waals surface area contributed by atoms with Gasteiger partial charge in [0.1, 0.15) is 0 Å². The summed E-state index contributed by atoms with van der Waals surface area (Å²) in [5, 5.41) is 5.90. The molecule has 1 amide bonds. The first-order valence-corrected chi connectivity index (χ1v) is 5.76. The van der Waals surface area contributed by atoms with Gasteiger partial charge in [0.15, 0.2) is 0 Å². The number of alkyl halides is 4. The molecule has 1 atom stereocenters. The minimum Gasteiger partial charge on any atom is -0.267 e. The van der Waals surface area contributed by atoms with Crippen LogP contribution in [-0.4, -0.2) is 30.6 Å². The number of hydrogen-bond acceptors (Lipinski definition) is 3. The number of carbonyl (C=O) groups excluding carboxylic acids is 1. The van der Waals surface area contributed by atoms with Crippen LogP contribution in [0.5, 0.6) is 0 Å². The molecule has 0 heterocycles. The van der Waals surface area contributed by atoms with Gasteiger partial charge < -0.3 is 0 Å². The number of unbranched alkanes of at least 4 members (excludes halogenated alkanes) is 3. The van der Waals surface area contributed by atoms with E-state index in [1.54, 1.807) is 0 Å². The average molecular weight is 274 g/mol. The lowest BCUT2D eigenvalue weighted by atomic mass is 10.2. The highest BCUT2D eigenvalue weighted by Gasteiger charge is 2.45. The monoisotopic (exact) mass is 274 g/mol. The predicted molar refractivity (Wildman–Crippen MR) is 58.0 cm³/mol. The maximum absolute atomic E-state index is 12.3. The summed E-state index contributed by atoms with van der Waals surface area (Å²) in [4.78, 5) is 10.6. The molecule has 0 aromatic carbocycles. The zero-order chi connectivity index (χ0) is 13.3. The van der Waals surface area contributed by atoms with Crippen molar-refractivity contribution in [3.05, 3.63) is 0 Å². The zero-order valence-electron chi connectivity index (χ0n) is 9.08. The summed E-state index contributed by atoms with van der Waals surface area (Å²) < 4.78 is 47.5. The number of rotatable bonds is 7. The van der Waals surface area contributed by atoms with Crippen LogP contribution in [0.4, 0.5) is 17.6 Å². The second-order valence-corrected chi connectivity index (χ2v) is 3.79. The van der Waals surface area contributed by atoms with E-state index in [1.807, 2.05) is 0 Å². The van der Waals surface area contributed by atoms with Gasteiger partial charge in [0.25, 0.3) is 6.17 Å². The van der Waals surface area contributed by atoms with E-state index in [1.165, 1.54) is 0 Å². The molecule has 0 aliphatic heterocycles. The molecule has 0 saturated heterocycles. The van der Waals surface area contributed by atoms with E-state index in [9.17, 15) is 22.4 Å². The van der Waals surface area contributed by atoms with Gasteiger partial charge in [-0.05, 0) is 18.6 Å². The highest BCUT2D eigenvalue weighted by atomic mass is 32.1. The van der Waals surface area contributed by atoms with Gasteiger partial charge in [0.2, 0.25) is 0 Å². The minimum atomic E-state index is -5.21. The van der Waals surface area contributed by atoms with Crippen LogP contribution in [0.15, 0.2) is 10.2 Å². The maximum atomic E-state index is 12.3. The number of carbonyl (C=O) groups is 1. The molecule has 0 rings (SSSR count). The molecule has 100 valence electrons. The summed E-state index contributed by atoms with van der Waals surface area (Å²) >= 11 is 4.01. The lowest BCUT2D eigenvalue weighted by Crippen LogP contribution is -2.31. The molecule has 0 radical (unpaired) electrons. The number of nitrogens with zero attached hydrogens (tertiary/aromatic N) is 2. The third-order valence-electron chi connectivity index (χ3n) is 1.84. The molecule has 0 saturated carbocycles. The Bertz CT molecular complexity index is 258. The first-order valence-electron chi connectivity index (χ1n) is 5.12. The van der Waals surface area contributed by atoms with Gasteiger partial charge in [0.05, 0.1) is 6.54 Å². The summed E-state index contributed by atoms with van der Waals surface area (Å²) in [6, 6.07) is 0. The Balaban J connectivity index is 3.74. The summed E-state index contributed by atoms with van der Waals surface area (Å²) in [5.41, 5.74) is 0. The molecular formula is C9H14F4N2OS. The Morgan fingerprint density at radius 1 is 1.18 bits per heavy atom. The standard InChI is InChI=1S/C9H14F4N2OS/c10-7(9(11,12)13)8(16)15-14-5-3-1-2-4-6-17/h7,17H,1-6H2. The fraction of sp³-hybridized carbons (Fsp3) is 0.889. The van der Waals surface area contributed by atoms with Crippen LogP contribution >= 0.6 is 12.6 Å². The number of hydrogen-bond donors (Lipinski definition) is 1. The smallest absolute Gasteiger partial charge is 0.267 e. The molecule has 0 aromatic rings. The first-order chi connectivity index (χ1) is 7.89. The van der Waals surface area contributed by atoms with Gasteiger partial charge in [-0.1, -0.05) is 12.8 Å². The average Bonchev–Trinajstić information content (AvgIpc) is 2.25. The van der Waals surface area contributed by atoms with E-state index in [2.05, 4.69) is 22.9 Å². The highest BCUT2D eigenvalue weighted by molar-refractivity contribution is 7.80. The van der Waals surface area contributed by atoms with E-state index in [4.69, 9.17) is 0 Å². The van der Waals surface area contributed by atoms with Gasteiger partial charge >= 0.3 is 12.1 Å². The summed E-state index contributed by atoms with van der Waals surface area (Å²) in [6.45, 7) is 0.128. The quantitative estimate of drug-likeness (QED) is 0.329. The topological polar surface area (TPSA) is 41.8 Å². The van der Waals surface area contributed by atoms with Crippen molar-refractivity contribution in [1.29, 1.82) is 0 Å². The van der Waals surface area contributed by atoms with Crippen molar-refractivity contribution >= 4 is 18.5 Å². The summed E-state index contributed by atoms with van der Waals surface area (Å²) in [7, 11) is 0. The van der Waals surface area contributed by atoms with Gasteiger partial charge in [-0.25, -0.2) is 4.39 Å². The van der Waals surface area contributed by atoms with Crippen molar-refractivity contribution in [3.8, 4) is 0 Å². The van der Waals surface area contributed by atoms with Crippen molar-refractivity contribution < 1.29 is 22.4 Å². The van der Waals surface area contributed by atoms with Gasteiger partial charge in [-0.3, -0.25) is 4.79 Å². The van der Waals surface area contributed by atoms with Crippen molar-refractivity contribution in [3.63, 3.8) is 0 Å². The number of amides is 1. The van der Waals surface area contributed by atoms with Crippen LogP contribution in [0.1, 0.15) is 25.7 Å². The number of halogens is 4. The van der Waals surface area contributed by atoms with Gasteiger partial charge in [-0.15, -0.1) is 5.11 Å². The Labute approximate surface area is 102 Å². The van der Waals surface area contributed by atoms with E-state index in [-0.39, 0.29) is 6.54 Å². The Hall–Kier alpha value is -0.660. The Morgan fingerprint density at radius 3 is 2.29 bits per heavy atom. The third-order valence-corrected chi connectivity index (χ3v) is 2.16. The number of thiol groups is 1. The van der Waals surface area contributed by atoms with Crippen LogP contribution in [0.2, 0.25) is 0 Å². The maximum Gasteiger partial charge on any atom is 0.429 e. The second-order valence-electron chi connectivity index (χ2n) is 3.35. The fourth-order valence-corrected chi connectivity index (χ4v) is 1.18. The normalized spacial score (nSPS) is 14.2. The van der Waals surface area contributed by atoms with Crippen molar-refractivity contribution in [1.82, 2.24) is 0 Å². The van der Waals surface area contributed by atoms with Gasteiger partial charge in [0, 0.05) is 0 Å². The van der Waals surface area contributed by atoms with Crippen LogP contribution < -0.4 is 0 Å². The molecular weight excluding hydrogens is 260 g/mol. The van der Waals surface area contributed by atoms with E-state index in [0.29, 0.717) is 6.42 Å². The molecule has 0 aliphatic rings. The molecule has 0 aromatic heterocycles. The lowest BCUT2D eigenvalue weighted by Gasteiger charge is -2.06. The molecule has 1 unspecified atom stereocenters. The molecule has 17 heavy (non-hydrogen) atoms. The van der Waals surface area contributed by atoms with Crippen LogP contribution in [0.25, 0.3) is 0 Å². The fourth-order valence-electron chi connectivity index (χ4n) is 0.958. The predicted octanol–water partition coefficient (Wildman–Crippen LogP) is 3.36. The van der Waals surface area contributed by atoms with Crippen molar-refractivity contribution in [2.75, 3.05) is 12.3 Å². The van der Waals surface area contributed by atoms with Crippen LogP contribution in [-0.2, 0) is 4.79 Å². The van der Waals surface area contributed by atoms with Crippen LogP contribution in [0.3, 0.4) is 0 Å².